The molecule has 3 nitrogen and oxygen atoms in total. The topological polar surface area (TPSA) is 30.5 Å². The van der Waals surface area contributed by atoms with E-state index in [-0.39, 0.29) is 11.6 Å². The number of ether oxygens (including phenoxy) is 2. The standard InChI is InChI=1S/C30H33NO2/c1-22(33-19-11-14-23-12-7-5-6-8-13-23)27-21-30(2,3)31-28-18-17-24(20-26(27)28)25-15-9-10-16-29(25)32-4/h5-12,14-18,20-22,31H,13,19H2,1-4H3/b14-11+. The molecule has 2 aromatic carbocycles. The molecule has 33 heavy (non-hydrogen) atoms. The van der Waals surface area contributed by atoms with Crippen molar-refractivity contribution in [3.05, 3.63) is 102 Å². The maximum Gasteiger partial charge on any atom is 0.126 e. The highest BCUT2D eigenvalue weighted by Crippen LogP contribution is 2.40. The average Bonchev–Trinajstić information content (AvgIpc) is 3.09. The summed E-state index contributed by atoms with van der Waals surface area (Å²) in [6, 6.07) is 14.7. The summed E-state index contributed by atoms with van der Waals surface area (Å²) in [6.07, 6.45) is 18.0. The molecule has 2 aliphatic rings. The van der Waals surface area contributed by atoms with Gasteiger partial charge in [-0.15, -0.1) is 0 Å². The highest BCUT2D eigenvalue weighted by molar-refractivity contribution is 5.86. The Morgan fingerprint density at radius 2 is 1.91 bits per heavy atom. The molecule has 170 valence electrons. The van der Waals surface area contributed by atoms with E-state index in [1.807, 2.05) is 18.2 Å². The van der Waals surface area contributed by atoms with Gasteiger partial charge in [-0.3, -0.25) is 0 Å². The Morgan fingerprint density at radius 3 is 2.76 bits per heavy atom. The summed E-state index contributed by atoms with van der Waals surface area (Å²) in [4.78, 5) is 0. The minimum absolute atomic E-state index is 0.0365. The maximum atomic E-state index is 6.27. The number of rotatable bonds is 7. The second-order valence-corrected chi connectivity index (χ2v) is 9.04. The minimum Gasteiger partial charge on any atom is -0.496 e. The van der Waals surface area contributed by atoms with Crippen LogP contribution in [0, 0.1) is 0 Å². The van der Waals surface area contributed by atoms with Crippen LogP contribution in [-0.2, 0) is 4.74 Å². The molecule has 0 bridgehead atoms. The molecule has 0 spiro atoms. The Labute approximate surface area is 197 Å². The summed E-state index contributed by atoms with van der Waals surface area (Å²) in [5.74, 6) is 0.874. The summed E-state index contributed by atoms with van der Waals surface area (Å²) in [7, 11) is 1.72. The van der Waals surface area contributed by atoms with Crippen molar-refractivity contribution in [3.63, 3.8) is 0 Å². The van der Waals surface area contributed by atoms with Crippen molar-refractivity contribution in [2.45, 2.75) is 38.8 Å². The van der Waals surface area contributed by atoms with E-state index in [1.54, 1.807) is 7.11 Å². The molecule has 2 aromatic rings. The number of anilines is 1. The van der Waals surface area contributed by atoms with Crippen LogP contribution in [0.25, 0.3) is 16.7 Å². The third-order valence-electron chi connectivity index (χ3n) is 5.96. The fourth-order valence-corrected chi connectivity index (χ4v) is 4.34. The van der Waals surface area contributed by atoms with Crippen LogP contribution < -0.4 is 10.1 Å². The van der Waals surface area contributed by atoms with E-state index in [1.165, 1.54) is 16.7 Å². The monoisotopic (exact) mass is 439 g/mol. The Hall–Kier alpha value is -3.30. The highest BCUT2D eigenvalue weighted by Gasteiger charge is 2.27. The first-order valence-corrected chi connectivity index (χ1v) is 11.6. The first-order chi connectivity index (χ1) is 16.0. The number of methoxy groups -OCH3 is 1. The van der Waals surface area contributed by atoms with Crippen molar-refractivity contribution in [2.75, 3.05) is 19.0 Å². The first kappa shape index (κ1) is 22.9. The summed E-state index contributed by atoms with van der Waals surface area (Å²) in [5.41, 5.74) is 6.87. The van der Waals surface area contributed by atoms with Crippen molar-refractivity contribution in [3.8, 4) is 16.9 Å². The molecule has 1 unspecified atom stereocenters. The van der Waals surface area contributed by atoms with E-state index in [0.29, 0.717) is 6.61 Å². The molecule has 4 rings (SSSR count). The molecule has 3 heteroatoms. The van der Waals surface area contributed by atoms with Gasteiger partial charge < -0.3 is 14.8 Å². The second-order valence-electron chi connectivity index (χ2n) is 9.04. The van der Waals surface area contributed by atoms with Gasteiger partial charge in [-0.1, -0.05) is 72.9 Å². The maximum absolute atomic E-state index is 6.27. The van der Waals surface area contributed by atoms with Gasteiger partial charge in [-0.2, -0.15) is 0 Å². The van der Waals surface area contributed by atoms with E-state index < -0.39 is 0 Å². The second kappa shape index (κ2) is 10.1. The summed E-state index contributed by atoms with van der Waals surface area (Å²) in [5, 5.41) is 3.65. The van der Waals surface area contributed by atoms with Crippen LogP contribution in [0.5, 0.6) is 5.75 Å². The van der Waals surface area contributed by atoms with Gasteiger partial charge in [0.15, 0.2) is 0 Å². The molecule has 1 aliphatic carbocycles. The largest absolute Gasteiger partial charge is 0.496 e. The van der Waals surface area contributed by atoms with Crippen molar-refractivity contribution in [1.29, 1.82) is 0 Å². The number of benzene rings is 2. The molecule has 1 N–H and O–H groups in total. The Morgan fingerprint density at radius 1 is 1.06 bits per heavy atom. The SMILES string of the molecule is COc1ccccc1-c1ccc2c(c1)C(C(C)OC/C=C/C1=CC=CC=CC1)=CC(C)(C)N2. The Bertz CT molecular complexity index is 1150. The van der Waals surface area contributed by atoms with Gasteiger partial charge >= 0.3 is 0 Å². The Kier molecular flexibility index (Phi) is 7.00. The minimum atomic E-state index is -0.147. The molecular formula is C30H33NO2. The lowest BCUT2D eigenvalue weighted by atomic mass is 9.86. The van der Waals surface area contributed by atoms with Crippen molar-refractivity contribution in [1.82, 2.24) is 0 Å². The van der Waals surface area contributed by atoms with Gasteiger partial charge in [0.05, 0.1) is 25.4 Å². The lowest BCUT2D eigenvalue weighted by Crippen LogP contribution is -2.33. The van der Waals surface area contributed by atoms with E-state index in [4.69, 9.17) is 9.47 Å². The van der Waals surface area contributed by atoms with Crippen molar-refractivity contribution in [2.24, 2.45) is 0 Å². The zero-order valence-electron chi connectivity index (χ0n) is 20.0. The number of hydrogen-bond donors (Lipinski definition) is 1. The highest BCUT2D eigenvalue weighted by atomic mass is 16.5. The van der Waals surface area contributed by atoms with E-state index in [0.717, 1.165) is 29.0 Å². The fraction of sp³-hybridized carbons (Fsp3) is 0.267. The average molecular weight is 440 g/mol. The molecule has 0 fully saturated rings. The van der Waals surface area contributed by atoms with Crippen LogP contribution in [0.2, 0.25) is 0 Å². The lowest BCUT2D eigenvalue weighted by Gasteiger charge is -2.34. The van der Waals surface area contributed by atoms with Gasteiger partial charge in [0.2, 0.25) is 0 Å². The van der Waals surface area contributed by atoms with Crippen LogP contribution in [0.1, 0.15) is 32.8 Å². The fourth-order valence-electron chi connectivity index (χ4n) is 4.34. The van der Waals surface area contributed by atoms with E-state index in [9.17, 15) is 0 Å². The van der Waals surface area contributed by atoms with Gasteiger partial charge in [-0.05, 0) is 62.1 Å². The number of para-hydroxylation sites is 1. The first-order valence-electron chi connectivity index (χ1n) is 11.6. The van der Waals surface area contributed by atoms with Gasteiger partial charge in [-0.25, -0.2) is 0 Å². The molecule has 0 saturated heterocycles. The number of nitrogens with one attached hydrogen (secondary N) is 1. The smallest absolute Gasteiger partial charge is 0.126 e. The van der Waals surface area contributed by atoms with Gasteiger partial charge in [0, 0.05) is 16.8 Å². The molecule has 0 amide bonds. The third-order valence-corrected chi connectivity index (χ3v) is 5.96. The molecule has 1 heterocycles. The van der Waals surface area contributed by atoms with Crippen LogP contribution in [-0.4, -0.2) is 25.4 Å². The predicted molar refractivity (Wildman–Crippen MR) is 140 cm³/mol. The molecule has 0 aromatic heterocycles. The molecule has 0 radical (unpaired) electrons. The zero-order valence-corrected chi connectivity index (χ0v) is 20.0. The van der Waals surface area contributed by atoms with Crippen LogP contribution in [0.15, 0.2) is 96.6 Å². The number of hydrogen-bond acceptors (Lipinski definition) is 3. The van der Waals surface area contributed by atoms with Crippen LogP contribution in [0.3, 0.4) is 0 Å². The van der Waals surface area contributed by atoms with Gasteiger partial charge in [0.1, 0.15) is 5.75 Å². The van der Waals surface area contributed by atoms with Crippen molar-refractivity contribution >= 4 is 11.3 Å². The predicted octanol–water partition coefficient (Wildman–Crippen LogP) is 7.35. The third kappa shape index (κ3) is 5.55. The molecule has 0 saturated carbocycles. The summed E-state index contributed by atoms with van der Waals surface area (Å²) < 4.78 is 11.9. The molecule has 1 atom stereocenters. The summed E-state index contributed by atoms with van der Waals surface area (Å²) in [6.45, 7) is 7.09. The normalized spacial score (nSPS) is 17.6. The molecular weight excluding hydrogens is 406 g/mol. The number of fused-ring (bicyclic) bond motifs is 1. The quantitative estimate of drug-likeness (QED) is 0.489. The van der Waals surface area contributed by atoms with E-state index in [2.05, 4.69) is 99.0 Å². The van der Waals surface area contributed by atoms with Crippen LogP contribution in [0.4, 0.5) is 5.69 Å². The summed E-state index contributed by atoms with van der Waals surface area (Å²) >= 11 is 0. The Balaban J connectivity index is 1.56. The van der Waals surface area contributed by atoms with E-state index >= 15 is 0 Å². The zero-order chi connectivity index (χ0) is 23.3. The molecule has 1 aliphatic heterocycles. The number of allylic oxidation sites excluding steroid dienone is 7. The van der Waals surface area contributed by atoms with Gasteiger partial charge in [0.25, 0.3) is 0 Å². The van der Waals surface area contributed by atoms with Crippen LogP contribution >= 0.6 is 0 Å². The van der Waals surface area contributed by atoms with Crippen molar-refractivity contribution < 1.29 is 9.47 Å². The lowest BCUT2D eigenvalue weighted by molar-refractivity contribution is 0.129.